The number of amides is 1. The van der Waals surface area contributed by atoms with Gasteiger partial charge < -0.3 is 19.2 Å². The molecule has 1 aromatic carbocycles. The predicted octanol–water partition coefficient (Wildman–Crippen LogP) is 2.00. The van der Waals surface area contributed by atoms with Crippen LogP contribution in [0.2, 0.25) is 0 Å². The maximum absolute atomic E-state index is 12.6. The summed E-state index contributed by atoms with van der Waals surface area (Å²) in [5, 5.41) is 10.1. The number of hydrogen-bond donors (Lipinski definition) is 1. The van der Waals surface area contributed by atoms with E-state index in [0.717, 1.165) is 6.42 Å². The lowest BCUT2D eigenvalue weighted by atomic mass is 10.1. The fourth-order valence-corrected chi connectivity index (χ4v) is 4.99. The molecule has 26 heavy (non-hydrogen) atoms. The Morgan fingerprint density at radius 2 is 2.23 bits per heavy atom. The van der Waals surface area contributed by atoms with Crippen LogP contribution in [0.25, 0.3) is 11.0 Å². The summed E-state index contributed by atoms with van der Waals surface area (Å²) in [6.45, 7) is 1.86. The Kier molecular flexibility index (Phi) is 3.95. The van der Waals surface area contributed by atoms with Gasteiger partial charge in [-0.25, -0.2) is 9.59 Å². The highest BCUT2D eigenvalue weighted by atomic mass is 32.2. The highest BCUT2D eigenvalue weighted by Gasteiger charge is 2.53. The van der Waals surface area contributed by atoms with Crippen LogP contribution in [-0.2, 0) is 20.9 Å². The Bertz CT molecular complexity index is 970. The average Bonchev–Trinajstić information content (AvgIpc) is 3.08. The Labute approximate surface area is 152 Å². The van der Waals surface area contributed by atoms with E-state index in [-0.39, 0.29) is 28.7 Å². The molecule has 0 saturated carbocycles. The molecule has 136 valence electrons. The molecule has 2 atom stereocenters. The minimum Gasteiger partial charge on any atom is -0.508 e. The number of thioether (sulfide) groups is 1. The van der Waals surface area contributed by atoms with Crippen molar-refractivity contribution in [1.29, 1.82) is 0 Å². The molecule has 2 saturated heterocycles. The van der Waals surface area contributed by atoms with E-state index in [2.05, 4.69) is 0 Å². The number of fused-ring (bicyclic) bond motifs is 2. The summed E-state index contributed by atoms with van der Waals surface area (Å²) in [7, 11) is 0. The maximum Gasteiger partial charge on any atom is 0.336 e. The van der Waals surface area contributed by atoms with Crippen molar-refractivity contribution in [3.63, 3.8) is 0 Å². The number of phenolic OH excluding ortho intramolecular Hbond substituents is 1. The lowest BCUT2D eigenvalue weighted by Gasteiger charge is -2.29. The van der Waals surface area contributed by atoms with Gasteiger partial charge in [0.25, 0.3) is 0 Å². The summed E-state index contributed by atoms with van der Waals surface area (Å²) in [5.74, 6) is -0.0194. The lowest BCUT2D eigenvalue weighted by Crippen LogP contribution is -2.46. The highest BCUT2D eigenvalue weighted by Crippen LogP contribution is 2.47. The van der Waals surface area contributed by atoms with Crippen LogP contribution in [0.1, 0.15) is 25.3 Å². The normalized spacial score (nSPS) is 24.9. The van der Waals surface area contributed by atoms with Gasteiger partial charge in [0.15, 0.2) is 0 Å². The maximum atomic E-state index is 12.6. The van der Waals surface area contributed by atoms with Crippen LogP contribution in [0.5, 0.6) is 5.75 Å². The molecule has 0 unspecified atom stereocenters. The Morgan fingerprint density at radius 1 is 1.42 bits per heavy atom. The van der Waals surface area contributed by atoms with Gasteiger partial charge in [0, 0.05) is 35.3 Å². The Balaban J connectivity index is 1.55. The topological polar surface area (TPSA) is 97.0 Å². The molecule has 0 radical (unpaired) electrons. The van der Waals surface area contributed by atoms with E-state index in [9.17, 15) is 19.5 Å². The Hall–Kier alpha value is -2.48. The molecule has 7 nitrogen and oxygen atoms in total. The monoisotopic (exact) mass is 375 g/mol. The molecular formula is C18H17NO6S. The molecule has 2 aliphatic heterocycles. The first kappa shape index (κ1) is 17.0. The molecule has 0 spiro atoms. The van der Waals surface area contributed by atoms with Crippen molar-refractivity contribution in [2.24, 2.45) is 0 Å². The van der Waals surface area contributed by atoms with E-state index in [1.54, 1.807) is 22.7 Å². The highest BCUT2D eigenvalue weighted by molar-refractivity contribution is 8.01. The smallest absolute Gasteiger partial charge is 0.336 e. The predicted molar refractivity (Wildman–Crippen MR) is 94.7 cm³/mol. The van der Waals surface area contributed by atoms with Crippen molar-refractivity contribution < 1.29 is 23.8 Å². The number of esters is 1. The van der Waals surface area contributed by atoms with Gasteiger partial charge in [-0.05, 0) is 25.5 Å². The molecule has 1 N–H and O–H groups in total. The van der Waals surface area contributed by atoms with E-state index in [1.807, 2.05) is 6.92 Å². The first-order valence-corrected chi connectivity index (χ1v) is 9.24. The molecule has 1 amide bonds. The van der Waals surface area contributed by atoms with Gasteiger partial charge in [-0.15, -0.1) is 11.8 Å². The molecule has 0 aliphatic carbocycles. The van der Waals surface area contributed by atoms with Crippen molar-refractivity contribution in [3.8, 4) is 5.75 Å². The van der Waals surface area contributed by atoms with Gasteiger partial charge in [0.1, 0.15) is 24.0 Å². The van der Waals surface area contributed by atoms with Crippen molar-refractivity contribution >= 4 is 34.6 Å². The van der Waals surface area contributed by atoms with Gasteiger partial charge in [-0.2, -0.15) is 0 Å². The van der Waals surface area contributed by atoms with Crippen LogP contribution < -0.4 is 5.63 Å². The second-order valence-electron chi connectivity index (χ2n) is 6.64. The second kappa shape index (κ2) is 6.05. The number of phenols is 1. The molecule has 3 heterocycles. The van der Waals surface area contributed by atoms with Gasteiger partial charge in [0.05, 0.1) is 4.87 Å². The average molecular weight is 375 g/mol. The van der Waals surface area contributed by atoms with Crippen LogP contribution in [0.3, 0.4) is 0 Å². The molecule has 2 fully saturated rings. The number of benzene rings is 1. The van der Waals surface area contributed by atoms with Gasteiger partial charge in [-0.1, -0.05) is 0 Å². The number of aromatic hydroxyl groups is 1. The molecule has 4 rings (SSSR count). The fourth-order valence-electron chi connectivity index (χ4n) is 3.58. The molecule has 2 aromatic rings. The van der Waals surface area contributed by atoms with E-state index in [0.29, 0.717) is 23.1 Å². The third-order valence-corrected chi connectivity index (χ3v) is 6.41. The van der Waals surface area contributed by atoms with Crippen molar-refractivity contribution in [1.82, 2.24) is 4.90 Å². The van der Waals surface area contributed by atoms with Crippen LogP contribution >= 0.6 is 11.8 Å². The minimum atomic E-state index is -0.601. The summed E-state index contributed by atoms with van der Waals surface area (Å²) < 4.78 is 10.5. The number of rotatable bonds is 3. The number of ether oxygens (including phenoxy) is 1. The zero-order chi connectivity index (χ0) is 18.5. The number of carbonyl (C=O) groups is 2. The van der Waals surface area contributed by atoms with Crippen LogP contribution in [0.15, 0.2) is 33.5 Å². The van der Waals surface area contributed by atoms with Crippen LogP contribution in [-0.4, -0.2) is 38.5 Å². The number of carbonyl (C=O) groups excluding carboxylic acids is 2. The van der Waals surface area contributed by atoms with Crippen LogP contribution in [0, 0.1) is 0 Å². The number of hydrogen-bond acceptors (Lipinski definition) is 7. The van der Waals surface area contributed by atoms with Crippen molar-refractivity contribution in [3.05, 3.63) is 40.2 Å². The number of nitrogens with zero attached hydrogens (tertiary/aromatic N) is 1. The molecular weight excluding hydrogens is 358 g/mol. The third-order valence-electron chi connectivity index (χ3n) is 4.90. The summed E-state index contributed by atoms with van der Waals surface area (Å²) in [5.41, 5.74) is 0.126. The molecule has 2 aliphatic rings. The zero-order valence-electron chi connectivity index (χ0n) is 14.1. The second-order valence-corrected chi connectivity index (χ2v) is 8.15. The molecule has 0 bridgehead atoms. The Morgan fingerprint density at radius 3 is 3.04 bits per heavy atom. The summed E-state index contributed by atoms with van der Waals surface area (Å²) >= 11 is 1.60. The SMILES string of the molecule is C[C@@]12CCC(=O)N1[C@H](C(=O)OCc1cc(=O)oc3cc(O)ccc13)CS2. The summed E-state index contributed by atoms with van der Waals surface area (Å²) in [6, 6.07) is 5.07. The quantitative estimate of drug-likeness (QED) is 0.647. The largest absolute Gasteiger partial charge is 0.508 e. The van der Waals surface area contributed by atoms with Gasteiger partial charge >= 0.3 is 11.6 Å². The molecule has 1 aromatic heterocycles. The van der Waals surface area contributed by atoms with Crippen molar-refractivity contribution in [2.45, 2.75) is 37.3 Å². The lowest BCUT2D eigenvalue weighted by molar-refractivity contribution is -0.154. The van der Waals surface area contributed by atoms with E-state index in [4.69, 9.17) is 9.15 Å². The first-order chi connectivity index (χ1) is 12.4. The van der Waals surface area contributed by atoms with Crippen molar-refractivity contribution in [2.75, 3.05) is 5.75 Å². The summed E-state index contributed by atoms with van der Waals surface area (Å²) in [4.78, 5) is 37.7. The third kappa shape index (κ3) is 2.74. The van der Waals surface area contributed by atoms with Crippen LogP contribution in [0.4, 0.5) is 0 Å². The zero-order valence-corrected chi connectivity index (χ0v) is 14.9. The standard InChI is InChI=1S/C18H17NO6S/c1-18-5-4-15(21)19(18)13(9-26-18)17(23)24-8-10-6-16(22)25-14-7-11(20)2-3-12(10)14/h2-3,6-7,13,20H,4-5,8-9H2,1H3/t13-,18+/m0/s1. The van der Waals surface area contributed by atoms with E-state index < -0.39 is 17.6 Å². The van der Waals surface area contributed by atoms with E-state index in [1.165, 1.54) is 18.2 Å². The fraction of sp³-hybridized carbons (Fsp3) is 0.389. The first-order valence-electron chi connectivity index (χ1n) is 8.26. The van der Waals surface area contributed by atoms with E-state index >= 15 is 0 Å². The summed E-state index contributed by atoms with van der Waals surface area (Å²) in [6.07, 6.45) is 1.18. The van der Waals surface area contributed by atoms with Gasteiger partial charge in [-0.3, -0.25) is 4.79 Å². The van der Waals surface area contributed by atoms with Gasteiger partial charge in [0.2, 0.25) is 5.91 Å². The minimum absolute atomic E-state index is 0.0235. The molecule has 8 heteroatoms.